The standard InChI is InChI=1S/C16H24N2O4/c1-12(2)18-10-14(19)11-22-15-6-4-13(5-7-15)8-9-17-16(20)21-3/h4-7,9,12,14,18-19H,8,10-11H2,1-3H3. The van der Waals surface area contributed by atoms with Crippen LogP contribution in [0.2, 0.25) is 0 Å². The van der Waals surface area contributed by atoms with Gasteiger partial charge in [0.05, 0.1) is 7.11 Å². The lowest BCUT2D eigenvalue weighted by molar-refractivity contribution is 0.104. The van der Waals surface area contributed by atoms with Gasteiger partial charge in [-0.2, -0.15) is 4.99 Å². The Morgan fingerprint density at radius 2 is 2.05 bits per heavy atom. The van der Waals surface area contributed by atoms with Crippen molar-refractivity contribution in [1.82, 2.24) is 5.32 Å². The van der Waals surface area contributed by atoms with E-state index in [9.17, 15) is 9.90 Å². The lowest BCUT2D eigenvalue weighted by Crippen LogP contribution is -2.35. The number of carbonyl (C=O) groups excluding carboxylic acids is 1. The van der Waals surface area contributed by atoms with Gasteiger partial charge in [0, 0.05) is 25.2 Å². The van der Waals surface area contributed by atoms with Crippen LogP contribution in [0.5, 0.6) is 5.75 Å². The molecular weight excluding hydrogens is 284 g/mol. The van der Waals surface area contributed by atoms with Gasteiger partial charge in [-0.3, -0.25) is 0 Å². The molecule has 1 aromatic rings. The lowest BCUT2D eigenvalue weighted by Gasteiger charge is -2.15. The second kappa shape index (κ2) is 9.92. The number of methoxy groups -OCH3 is 1. The molecule has 0 radical (unpaired) electrons. The monoisotopic (exact) mass is 308 g/mol. The molecule has 0 aliphatic carbocycles. The van der Waals surface area contributed by atoms with Crippen LogP contribution in [-0.4, -0.2) is 49.8 Å². The Labute approximate surface area is 131 Å². The van der Waals surface area contributed by atoms with Crippen LogP contribution < -0.4 is 10.1 Å². The van der Waals surface area contributed by atoms with E-state index in [0.717, 1.165) is 5.56 Å². The van der Waals surface area contributed by atoms with Crippen molar-refractivity contribution in [1.29, 1.82) is 0 Å². The number of rotatable bonds is 8. The van der Waals surface area contributed by atoms with E-state index >= 15 is 0 Å². The van der Waals surface area contributed by atoms with Crippen LogP contribution in [0, 0.1) is 0 Å². The Kier molecular flexibility index (Phi) is 8.17. The second-order valence-corrected chi connectivity index (χ2v) is 5.16. The van der Waals surface area contributed by atoms with Crippen molar-refractivity contribution in [3.05, 3.63) is 29.8 Å². The number of nitrogens with zero attached hydrogens (tertiary/aromatic N) is 1. The number of benzene rings is 1. The van der Waals surface area contributed by atoms with E-state index in [1.54, 1.807) is 0 Å². The molecule has 6 nitrogen and oxygen atoms in total. The van der Waals surface area contributed by atoms with Crippen molar-refractivity contribution in [2.75, 3.05) is 20.3 Å². The molecular formula is C16H24N2O4. The highest BCUT2D eigenvalue weighted by molar-refractivity contribution is 5.80. The molecule has 0 saturated carbocycles. The number of amides is 1. The average Bonchev–Trinajstić information content (AvgIpc) is 2.51. The normalized spacial score (nSPS) is 12.6. The summed E-state index contributed by atoms with van der Waals surface area (Å²) in [5.41, 5.74) is 1.00. The molecule has 1 aromatic carbocycles. The third-order valence-electron chi connectivity index (χ3n) is 2.83. The highest BCUT2D eigenvalue weighted by Crippen LogP contribution is 2.12. The minimum Gasteiger partial charge on any atom is -0.491 e. The van der Waals surface area contributed by atoms with Gasteiger partial charge in [0.2, 0.25) is 0 Å². The van der Waals surface area contributed by atoms with Gasteiger partial charge >= 0.3 is 6.09 Å². The molecule has 122 valence electrons. The maximum atomic E-state index is 10.8. The number of hydrogen-bond acceptors (Lipinski definition) is 5. The van der Waals surface area contributed by atoms with E-state index < -0.39 is 12.2 Å². The molecule has 0 saturated heterocycles. The summed E-state index contributed by atoms with van der Waals surface area (Å²) < 4.78 is 9.93. The van der Waals surface area contributed by atoms with E-state index in [2.05, 4.69) is 15.0 Å². The molecule has 0 bridgehead atoms. The largest absolute Gasteiger partial charge is 0.491 e. The highest BCUT2D eigenvalue weighted by Gasteiger charge is 2.06. The number of aliphatic hydroxyl groups excluding tert-OH is 1. The summed E-state index contributed by atoms with van der Waals surface area (Å²) in [5.74, 6) is 0.692. The summed E-state index contributed by atoms with van der Waals surface area (Å²) >= 11 is 0. The molecule has 0 heterocycles. The first-order valence-corrected chi connectivity index (χ1v) is 7.25. The van der Waals surface area contributed by atoms with Gasteiger partial charge in [-0.15, -0.1) is 0 Å². The van der Waals surface area contributed by atoms with Crippen LogP contribution in [0.3, 0.4) is 0 Å². The molecule has 1 amide bonds. The maximum absolute atomic E-state index is 10.8. The zero-order chi connectivity index (χ0) is 16.4. The number of ether oxygens (including phenoxy) is 2. The van der Waals surface area contributed by atoms with E-state index in [4.69, 9.17) is 4.74 Å². The number of nitrogens with one attached hydrogen (secondary N) is 1. The molecule has 1 atom stereocenters. The van der Waals surface area contributed by atoms with Crippen LogP contribution in [0.1, 0.15) is 19.4 Å². The maximum Gasteiger partial charge on any atom is 0.432 e. The van der Waals surface area contributed by atoms with Gasteiger partial charge in [-0.25, -0.2) is 4.79 Å². The number of carbonyl (C=O) groups is 1. The first kappa shape index (κ1) is 18.1. The molecule has 0 aromatic heterocycles. The summed E-state index contributed by atoms with van der Waals surface area (Å²) in [6.07, 6.45) is 0.887. The zero-order valence-electron chi connectivity index (χ0n) is 13.3. The molecule has 6 heteroatoms. The predicted molar refractivity (Wildman–Crippen MR) is 85.7 cm³/mol. The van der Waals surface area contributed by atoms with E-state index in [-0.39, 0.29) is 6.61 Å². The Morgan fingerprint density at radius 3 is 2.64 bits per heavy atom. The van der Waals surface area contributed by atoms with E-state index in [1.807, 2.05) is 38.1 Å². The molecule has 2 N–H and O–H groups in total. The third kappa shape index (κ3) is 7.75. The molecule has 0 spiro atoms. The molecule has 1 unspecified atom stereocenters. The lowest BCUT2D eigenvalue weighted by atomic mass is 10.1. The Bertz CT molecular complexity index is 472. The van der Waals surface area contributed by atoms with E-state index in [0.29, 0.717) is 24.8 Å². The van der Waals surface area contributed by atoms with Gasteiger partial charge < -0.3 is 19.9 Å². The SMILES string of the molecule is COC(=O)N=CCc1ccc(OCC(O)CNC(C)C)cc1. The first-order valence-electron chi connectivity index (χ1n) is 7.25. The molecule has 0 aliphatic rings. The summed E-state index contributed by atoms with van der Waals surface area (Å²) in [6, 6.07) is 7.75. The van der Waals surface area contributed by atoms with Crippen LogP contribution in [0.4, 0.5) is 4.79 Å². The van der Waals surface area contributed by atoms with Crippen molar-refractivity contribution in [2.24, 2.45) is 4.99 Å². The molecule has 22 heavy (non-hydrogen) atoms. The molecule has 0 fully saturated rings. The Morgan fingerprint density at radius 1 is 1.36 bits per heavy atom. The second-order valence-electron chi connectivity index (χ2n) is 5.16. The summed E-state index contributed by atoms with van der Waals surface area (Å²) in [7, 11) is 1.29. The van der Waals surface area contributed by atoms with Crippen LogP contribution in [-0.2, 0) is 11.2 Å². The Balaban J connectivity index is 2.35. The van der Waals surface area contributed by atoms with Crippen LogP contribution in [0.25, 0.3) is 0 Å². The number of aliphatic imine (C=N–C) groups is 1. The van der Waals surface area contributed by atoms with Crippen molar-refractivity contribution in [3.8, 4) is 5.75 Å². The van der Waals surface area contributed by atoms with Crippen molar-refractivity contribution in [2.45, 2.75) is 32.4 Å². The fraction of sp³-hybridized carbons (Fsp3) is 0.500. The zero-order valence-corrected chi connectivity index (χ0v) is 13.3. The minimum absolute atomic E-state index is 0.239. The minimum atomic E-state index is -0.607. The summed E-state index contributed by atoms with van der Waals surface area (Å²) in [6.45, 7) is 4.79. The topological polar surface area (TPSA) is 80.2 Å². The molecule has 1 rings (SSSR count). The Hall–Kier alpha value is -1.92. The molecule has 0 aliphatic heterocycles. The van der Waals surface area contributed by atoms with Crippen molar-refractivity contribution < 1.29 is 19.4 Å². The number of hydrogen-bond donors (Lipinski definition) is 2. The first-order chi connectivity index (χ1) is 10.5. The van der Waals surface area contributed by atoms with Gasteiger partial charge in [0.25, 0.3) is 0 Å². The van der Waals surface area contributed by atoms with Gasteiger partial charge in [-0.1, -0.05) is 26.0 Å². The van der Waals surface area contributed by atoms with Gasteiger partial charge in [0.15, 0.2) is 0 Å². The van der Waals surface area contributed by atoms with Gasteiger partial charge in [-0.05, 0) is 17.7 Å². The summed E-state index contributed by atoms with van der Waals surface area (Å²) in [5, 5.41) is 12.9. The predicted octanol–water partition coefficient (Wildman–Crippen LogP) is 1.80. The fourth-order valence-electron chi connectivity index (χ4n) is 1.62. The van der Waals surface area contributed by atoms with Crippen LogP contribution >= 0.6 is 0 Å². The quantitative estimate of drug-likeness (QED) is 0.716. The number of aliphatic hydroxyl groups is 1. The van der Waals surface area contributed by atoms with Crippen LogP contribution in [0.15, 0.2) is 29.3 Å². The summed E-state index contributed by atoms with van der Waals surface area (Å²) in [4.78, 5) is 14.4. The van der Waals surface area contributed by atoms with E-state index in [1.165, 1.54) is 13.3 Å². The third-order valence-corrected chi connectivity index (χ3v) is 2.83. The smallest absolute Gasteiger partial charge is 0.432 e. The van der Waals surface area contributed by atoms with Crippen molar-refractivity contribution >= 4 is 12.3 Å². The average molecular weight is 308 g/mol. The fourth-order valence-corrected chi connectivity index (χ4v) is 1.62. The van der Waals surface area contributed by atoms with Crippen molar-refractivity contribution in [3.63, 3.8) is 0 Å². The van der Waals surface area contributed by atoms with Gasteiger partial charge in [0.1, 0.15) is 18.5 Å². The highest BCUT2D eigenvalue weighted by atomic mass is 16.5.